The Morgan fingerprint density at radius 2 is 1.68 bits per heavy atom. The Morgan fingerprint density at radius 3 is 2.35 bits per heavy atom. The van der Waals surface area contributed by atoms with E-state index in [1.165, 1.54) is 6.07 Å². The van der Waals surface area contributed by atoms with E-state index in [1.807, 2.05) is 6.07 Å². The van der Waals surface area contributed by atoms with Crippen molar-refractivity contribution in [1.82, 2.24) is 0 Å². The molecule has 0 fully saturated rings. The lowest BCUT2D eigenvalue weighted by molar-refractivity contribution is 0.0526. The lowest BCUT2D eigenvalue weighted by atomic mass is 9.91. The van der Waals surface area contributed by atoms with E-state index < -0.39 is 29.0 Å². The predicted octanol–water partition coefficient (Wildman–Crippen LogP) is 4.65. The molecular weight excluding hydrogens is 438 g/mol. The van der Waals surface area contributed by atoms with Crippen LogP contribution in [0, 0.1) is 0 Å². The van der Waals surface area contributed by atoms with Crippen LogP contribution in [0.25, 0.3) is 0 Å². The third-order valence-corrected chi connectivity index (χ3v) is 5.71. The summed E-state index contributed by atoms with van der Waals surface area (Å²) < 4.78 is 11.1. The van der Waals surface area contributed by atoms with Crippen LogP contribution in [0.3, 0.4) is 0 Å². The van der Waals surface area contributed by atoms with Crippen molar-refractivity contribution in [2.45, 2.75) is 13.5 Å². The smallest absolute Gasteiger partial charge is 0.338 e. The molecule has 0 aromatic heterocycles. The molecule has 1 aliphatic carbocycles. The number of hydrogen-bond acceptors (Lipinski definition) is 8. The number of para-hydroxylation sites is 1. The lowest BCUT2D eigenvalue weighted by Crippen LogP contribution is -2.19. The van der Waals surface area contributed by atoms with E-state index in [0.29, 0.717) is 22.6 Å². The topological polar surface area (TPSA) is 113 Å². The molecule has 1 aliphatic heterocycles. The first-order valence-corrected chi connectivity index (χ1v) is 10.6. The molecule has 170 valence electrons. The van der Waals surface area contributed by atoms with Gasteiger partial charge in [-0.05, 0) is 49.4 Å². The second-order valence-corrected chi connectivity index (χ2v) is 7.75. The first kappa shape index (κ1) is 21.3. The summed E-state index contributed by atoms with van der Waals surface area (Å²) in [5.74, 6) is -2.61. The molecule has 3 aromatic rings. The van der Waals surface area contributed by atoms with Crippen LogP contribution >= 0.6 is 0 Å². The second kappa shape index (κ2) is 8.08. The number of carbonyl (C=O) groups is 3. The number of phenols is 2. The molecule has 0 bridgehead atoms. The fraction of sp³-hybridized carbons (Fsp3) is 0.115. The number of anilines is 2. The molecule has 2 aliphatic rings. The number of aromatic hydroxyl groups is 2. The predicted molar refractivity (Wildman–Crippen MR) is 122 cm³/mol. The molecule has 0 spiro atoms. The van der Waals surface area contributed by atoms with Gasteiger partial charge in [-0.15, -0.1) is 0 Å². The molecule has 0 saturated carbocycles. The molecule has 0 amide bonds. The molecule has 0 radical (unpaired) electrons. The molecule has 0 atom stereocenters. The van der Waals surface area contributed by atoms with Gasteiger partial charge in [0, 0.05) is 11.3 Å². The number of hydrogen-bond donors (Lipinski definition) is 2. The number of esters is 1. The number of benzene rings is 3. The van der Waals surface area contributed by atoms with Crippen molar-refractivity contribution in [3.8, 4) is 23.0 Å². The first-order valence-electron chi connectivity index (χ1n) is 10.6. The fourth-order valence-electron chi connectivity index (χ4n) is 4.17. The summed E-state index contributed by atoms with van der Waals surface area (Å²) in [5, 5.41) is 22.3. The number of carbonyl (C=O) groups excluding carboxylic acids is 3. The lowest BCUT2D eigenvalue weighted by Gasteiger charge is -2.27. The number of rotatable bonds is 3. The molecule has 34 heavy (non-hydrogen) atoms. The minimum atomic E-state index is -0.623. The first-order chi connectivity index (χ1) is 16.4. The zero-order valence-corrected chi connectivity index (χ0v) is 18.1. The zero-order valence-electron chi connectivity index (χ0n) is 18.1. The van der Waals surface area contributed by atoms with Crippen molar-refractivity contribution in [3.63, 3.8) is 0 Å². The Hall–Kier alpha value is -4.59. The molecular formula is C26H19NO7. The standard InChI is InChI=1S/C26H19NO7/c1-2-33-26(32)14-8-11-19-15(12-14)13-27(16-6-4-3-5-7-16)22-23(30)20-17(28)9-10-18(29)21(20)24(31)25(22)34-19/h3-12,30-31H,2,13H2,1H3. The summed E-state index contributed by atoms with van der Waals surface area (Å²) in [6.45, 7) is 2.06. The monoisotopic (exact) mass is 457 g/mol. The van der Waals surface area contributed by atoms with Gasteiger partial charge in [0.15, 0.2) is 28.8 Å². The molecule has 5 rings (SSSR count). The van der Waals surface area contributed by atoms with Crippen molar-refractivity contribution in [2.75, 3.05) is 11.5 Å². The average Bonchev–Trinajstić information content (AvgIpc) is 3.01. The fourth-order valence-corrected chi connectivity index (χ4v) is 4.17. The van der Waals surface area contributed by atoms with Crippen LogP contribution in [-0.4, -0.2) is 34.4 Å². The zero-order chi connectivity index (χ0) is 24.0. The van der Waals surface area contributed by atoms with E-state index in [2.05, 4.69) is 0 Å². The summed E-state index contributed by atoms with van der Waals surface area (Å²) >= 11 is 0. The van der Waals surface area contributed by atoms with Crippen LogP contribution in [0.2, 0.25) is 0 Å². The molecule has 0 saturated heterocycles. The van der Waals surface area contributed by atoms with Gasteiger partial charge in [-0.2, -0.15) is 0 Å². The highest BCUT2D eigenvalue weighted by Crippen LogP contribution is 2.55. The highest BCUT2D eigenvalue weighted by Gasteiger charge is 2.37. The molecule has 1 heterocycles. The van der Waals surface area contributed by atoms with Gasteiger partial charge < -0.3 is 24.6 Å². The maximum atomic E-state index is 12.6. The van der Waals surface area contributed by atoms with E-state index in [4.69, 9.17) is 9.47 Å². The number of allylic oxidation sites excluding steroid dienone is 2. The molecule has 2 N–H and O–H groups in total. The highest BCUT2D eigenvalue weighted by molar-refractivity contribution is 6.25. The molecule has 8 nitrogen and oxygen atoms in total. The SMILES string of the molecule is CCOC(=O)c1ccc2c(c1)CN(c1ccccc1)c1c(O)c3c(c(O)c1O2)C(=O)C=CC3=O. The molecule has 0 unspecified atom stereocenters. The van der Waals surface area contributed by atoms with Crippen molar-refractivity contribution in [2.24, 2.45) is 0 Å². The van der Waals surface area contributed by atoms with Crippen molar-refractivity contribution < 1.29 is 34.1 Å². The maximum absolute atomic E-state index is 12.6. The molecule has 3 aromatic carbocycles. The molecule has 8 heteroatoms. The summed E-state index contributed by atoms with van der Waals surface area (Å²) in [5.41, 5.74) is 0.938. The van der Waals surface area contributed by atoms with Gasteiger partial charge in [-0.1, -0.05) is 18.2 Å². The van der Waals surface area contributed by atoms with Crippen molar-refractivity contribution in [1.29, 1.82) is 0 Å². The van der Waals surface area contributed by atoms with Crippen LogP contribution in [0.5, 0.6) is 23.0 Å². The maximum Gasteiger partial charge on any atom is 0.338 e. The van der Waals surface area contributed by atoms with Gasteiger partial charge in [0.2, 0.25) is 0 Å². The van der Waals surface area contributed by atoms with E-state index in [9.17, 15) is 24.6 Å². The van der Waals surface area contributed by atoms with Crippen molar-refractivity contribution >= 4 is 28.9 Å². The van der Waals surface area contributed by atoms with E-state index in [0.717, 1.165) is 12.2 Å². The summed E-state index contributed by atoms with van der Waals surface area (Å²) in [7, 11) is 0. The van der Waals surface area contributed by atoms with E-state index in [1.54, 1.807) is 48.2 Å². The van der Waals surface area contributed by atoms with Gasteiger partial charge in [-0.25, -0.2) is 4.79 Å². The minimum Gasteiger partial charge on any atom is -0.505 e. The van der Waals surface area contributed by atoms with Gasteiger partial charge in [-0.3, -0.25) is 9.59 Å². The third-order valence-electron chi connectivity index (χ3n) is 5.71. The van der Waals surface area contributed by atoms with E-state index in [-0.39, 0.29) is 35.7 Å². The van der Waals surface area contributed by atoms with Gasteiger partial charge in [0.1, 0.15) is 11.4 Å². The highest BCUT2D eigenvalue weighted by atomic mass is 16.5. The summed E-state index contributed by atoms with van der Waals surface area (Å²) in [6, 6.07) is 13.7. The number of phenolic OH excluding ortho intramolecular Hbond substituents is 2. The number of ketones is 2. The second-order valence-electron chi connectivity index (χ2n) is 7.75. The van der Waals surface area contributed by atoms with Gasteiger partial charge in [0.25, 0.3) is 0 Å². The van der Waals surface area contributed by atoms with Crippen molar-refractivity contribution in [3.05, 3.63) is 82.9 Å². The van der Waals surface area contributed by atoms with Crippen LogP contribution in [-0.2, 0) is 11.3 Å². The van der Waals surface area contributed by atoms with Crippen LogP contribution < -0.4 is 9.64 Å². The average molecular weight is 457 g/mol. The third kappa shape index (κ3) is 3.27. The Kier molecular flexibility index (Phi) is 5.05. The Bertz CT molecular complexity index is 1390. The number of nitrogens with zero attached hydrogens (tertiary/aromatic N) is 1. The Morgan fingerprint density at radius 1 is 1.00 bits per heavy atom. The number of ether oxygens (including phenoxy) is 2. The van der Waals surface area contributed by atoms with Crippen LogP contribution in [0.4, 0.5) is 11.4 Å². The van der Waals surface area contributed by atoms with Crippen LogP contribution in [0.15, 0.2) is 60.7 Å². The Labute approximate surface area is 194 Å². The minimum absolute atomic E-state index is 0.0350. The Balaban J connectivity index is 1.77. The summed E-state index contributed by atoms with van der Waals surface area (Å²) in [6.07, 6.45) is 2.10. The van der Waals surface area contributed by atoms with Gasteiger partial charge in [0.05, 0.1) is 29.8 Å². The van der Waals surface area contributed by atoms with Crippen LogP contribution in [0.1, 0.15) is 43.6 Å². The van der Waals surface area contributed by atoms with E-state index >= 15 is 0 Å². The quantitative estimate of drug-likeness (QED) is 0.432. The van der Waals surface area contributed by atoms with Gasteiger partial charge >= 0.3 is 5.97 Å². The summed E-state index contributed by atoms with van der Waals surface area (Å²) in [4.78, 5) is 39.1. The normalized spacial score (nSPS) is 14.0. The largest absolute Gasteiger partial charge is 0.505 e. The number of fused-ring (bicyclic) bond motifs is 3.